The van der Waals surface area contributed by atoms with Crippen LogP contribution < -0.4 is 5.43 Å². The molecule has 1 N–H and O–H groups in total. The largest absolute Gasteiger partial charge is 0.469 e. The molecule has 0 aliphatic carbocycles. The number of benzene rings is 1. The number of rotatable bonds is 2. The number of amides is 2. The molecule has 1 heterocycles. The van der Waals surface area contributed by atoms with Crippen LogP contribution in [0.4, 0.5) is 8.78 Å². The van der Waals surface area contributed by atoms with Gasteiger partial charge >= 0.3 is 5.97 Å². The van der Waals surface area contributed by atoms with Crippen molar-refractivity contribution >= 4 is 17.8 Å². The summed E-state index contributed by atoms with van der Waals surface area (Å²) >= 11 is 0. The van der Waals surface area contributed by atoms with Crippen molar-refractivity contribution in [2.24, 2.45) is 5.92 Å². The van der Waals surface area contributed by atoms with Gasteiger partial charge in [0.05, 0.1) is 25.1 Å². The van der Waals surface area contributed by atoms with Gasteiger partial charge in [0.25, 0.3) is 5.91 Å². The first-order chi connectivity index (χ1) is 9.92. The number of nitrogens with zero attached hydrogens (tertiary/aromatic N) is 1. The Labute approximate surface area is 118 Å². The molecule has 0 aromatic heterocycles. The second-order valence-corrected chi connectivity index (χ2v) is 4.50. The summed E-state index contributed by atoms with van der Waals surface area (Å²) in [6.45, 7) is -0.145. The Hall–Kier alpha value is -2.51. The Morgan fingerprint density at radius 3 is 2.71 bits per heavy atom. The molecule has 0 radical (unpaired) electrons. The van der Waals surface area contributed by atoms with Crippen molar-refractivity contribution in [3.63, 3.8) is 0 Å². The van der Waals surface area contributed by atoms with E-state index in [2.05, 4.69) is 10.2 Å². The Morgan fingerprint density at radius 1 is 1.38 bits per heavy atom. The van der Waals surface area contributed by atoms with E-state index in [1.54, 1.807) is 0 Å². The van der Waals surface area contributed by atoms with E-state index in [9.17, 15) is 23.2 Å². The van der Waals surface area contributed by atoms with Gasteiger partial charge in [-0.3, -0.25) is 19.8 Å². The highest BCUT2D eigenvalue weighted by molar-refractivity contribution is 5.97. The SMILES string of the molecule is COC(=O)C1CC(=O)NN(C(=O)c2ccc(F)cc2F)C1. The number of halogens is 2. The summed E-state index contributed by atoms with van der Waals surface area (Å²) in [4.78, 5) is 35.1. The molecule has 0 bridgehead atoms. The van der Waals surface area contributed by atoms with E-state index in [1.165, 1.54) is 7.11 Å². The fraction of sp³-hybridized carbons (Fsp3) is 0.308. The third-order valence-electron chi connectivity index (χ3n) is 3.04. The fourth-order valence-electron chi connectivity index (χ4n) is 2.02. The monoisotopic (exact) mass is 298 g/mol. The lowest BCUT2D eigenvalue weighted by Crippen LogP contribution is -2.54. The number of carbonyl (C=O) groups is 3. The Balaban J connectivity index is 2.21. The summed E-state index contributed by atoms with van der Waals surface area (Å²) in [5.41, 5.74) is 1.84. The van der Waals surface area contributed by atoms with Crippen molar-refractivity contribution in [2.45, 2.75) is 6.42 Å². The molecule has 1 aromatic carbocycles. The number of hydrogen-bond donors (Lipinski definition) is 1. The molecule has 2 amide bonds. The molecule has 8 heteroatoms. The maximum Gasteiger partial charge on any atom is 0.311 e. The van der Waals surface area contributed by atoms with E-state index < -0.39 is 40.9 Å². The highest BCUT2D eigenvalue weighted by Crippen LogP contribution is 2.17. The Bertz CT molecular complexity index is 606. The molecule has 1 saturated heterocycles. The molecule has 1 unspecified atom stereocenters. The van der Waals surface area contributed by atoms with Crippen LogP contribution in [0.25, 0.3) is 0 Å². The molecular weight excluding hydrogens is 286 g/mol. The van der Waals surface area contributed by atoms with E-state index in [0.29, 0.717) is 6.07 Å². The van der Waals surface area contributed by atoms with Gasteiger partial charge in [0.2, 0.25) is 5.91 Å². The summed E-state index contributed by atoms with van der Waals surface area (Å²) in [5, 5.41) is 0.823. The van der Waals surface area contributed by atoms with Gasteiger partial charge in [-0.1, -0.05) is 0 Å². The van der Waals surface area contributed by atoms with E-state index in [-0.39, 0.29) is 13.0 Å². The van der Waals surface area contributed by atoms with Gasteiger partial charge in [0.1, 0.15) is 11.6 Å². The summed E-state index contributed by atoms with van der Waals surface area (Å²) < 4.78 is 30.9. The highest BCUT2D eigenvalue weighted by atomic mass is 19.1. The average molecular weight is 298 g/mol. The minimum atomic E-state index is -1.05. The molecule has 1 aliphatic heterocycles. The molecule has 21 heavy (non-hydrogen) atoms. The van der Waals surface area contributed by atoms with Gasteiger partial charge in [0.15, 0.2) is 0 Å². The van der Waals surface area contributed by atoms with E-state index >= 15 is 0 Å². The summed E-state index contributed by atoms with van der Waals surface area (Å²) in [6.07, 6.45) is -0.123. The van der Waals surface area contributed by atoms with Crippen LogP contribution in [0.5, 0.6) is 0 Å². The van der Waals surface area contributed by atoms with Crippen LogP contribution in [-0.4, -0.2) is 36.4 Å². The maximum absolute atomic E-state index is 13.6. The lowest BCUT2D eigenvalue weighted by Gasteiger charge is -2.31. The molecule has 0 spiro atoms. The van der Waals surface area contributed by atoms with Crippen molar-refractivity contribution < 1.29 is 27.9 Å². The predicted molar refractivity (Wildman–Crippen MR) is 65.7 cm³/mol. The van der Waals surface area contributed by atoms with Crippen LogP contribution in [0.3, 0.4) is 0 Å². The van der Waals surface area contributed by atoms with Gasteiger partial charge in [-0.25, -0.2) is 13.8 Å². The van der Waals surface area contributed by atoms with Crippen LogP contribution in [0.1, 0.15) is 16.8 Å². The number of hydrazine groups is 1. The second-order valence-electron chi connectivity index (χ2n) is 4.50. The lowest BCUT2D eigenvalue weighted by molar-refractivity contribution is -0.151. The number of ether oxygens (including phenoxy) is 1. The van der Waals surface area contributed by atoms with E-state index in [1.807, 2.05) is 0 Å². The van der Waals surface area contributed by atoms with E-state index in [4.69, 9.17) is 0 Å². The van der Waals surface area contributed by atoms with Crippen LogP contribution >= 0.6 is 0 Å². The summed E-state index contributed by atoms with van der Waals surface area (Å²) in [6, 6.07) is 2.47. The van der Waals surface area contributed by atoms with Crippen LogP contribution in [0, 0.1) is 17.6 Å². The average Bonchev–Trinajstić information content (AvgIpc) is 2.45. The predicted octanol–water partition coefficient (Wildman–Crippen LogP) is 0.631. The zero-order chi connectivity index (χ0) is 15.6. The quantitative estimate of drug-likeness (QED) is 0.813. The number of esters is 1. The van der Waals surface area contributed by atoms with Gasteiger partial charge < -0.3 is 4.74 Å². The zero-order valence-corrected chi connectivity index (χ0v) is 11.1. The van der Waals surface area contributed by atoms with Gasteiger partial charge in [0, 0.05) is 12.5 Å². The van der Waals surface area contributed by atoms with Gasteiger partial charge in [-0.05, 0) is 12.1 Å². The molecule has 112 valence electrons. The van der Waals surface area contributed by atoms with Crippen molar-refractivity contribution in [1.82, 2.24) is 10.4 Å². The number of carbonyl (C=O) groups excluding carboxylic acids is 3. The molecule has 0 saturated carbocycles. The molecule has 1 atom stereocenters. The van der Waals surface area contributed by atoms with Crippen LogP contribution in [0.2, 0.25) is 0 Å². The minimum absolute atomic E-state index is 0.123. The van der Waals surface area contributed by atoms with Gasteiger partial charge in [-0.2, -0.15) is 0 Å². The summed E-state index contributed by atoms with van der Waals surface area (Å²) in [7, 11) is 1.17. The molecule has 1 aliphatic rings. The Morgan fingerprint density at radius 2 is 2.10 bits per heavy atom. The number of hydrogen-bond acceptors (Lipinski definition) is 4. The smallest absolute Gasteiger partial charge is 0.311 e. The van der Waals surface area contributed by atoms with Crippen LogP contribution in [0.15, 0.2) is 18.2 Å². The molecule has 1 aromatic rings. The number of nitrogens with one attached hydrogen (secondary N) is 1. The normalized spacial score (nSPS) is 18.1. The first kappa shape index (κ1) is 14.9. The van der Waals surface area contributed by atoms with Crippen molar-refractivity contribution in [2.75, 3.05) is 13.7 Å². The summed E-state index contributed by atoms with van der Waals surface area (Å²) in [5.74, 6) is -4.76. The third-order valence-corrected chi connectivity index (χ3v) is 3.04. The second kappa shape index (κ2) is 5.86. The minimum Gasteiger partial charge on any atom is -0.469 e. The van der Waals surface area contributed by atoms with Crippen LogP contribution in [-0.2, 0) is 14.3 Å². The fourth-order valence-corrected chi connectivity index (χ4v) is 2.02. The van der Waals surface area contributed by atoms with Crippen molar-refractivity contribution in [3.05, 3.63) is 35.4 Å². The van der Waals surface area contributed by atoms with Gasteiger partial charge in [-0.15, -0.1) is 0 Å². The number of methoxy groups -OCH3 is 1. The molecular formula is C13H12F2N2O4. The molecule has 2 rings (SSSR count). The topological polar surface area (TPSA) is 75.7 Å². The maximum atomic E-state index is 13.6. The van der Waals surface area contributed by atoms with Crippen molar-refractivity contribution in [3.8, 4) is 0 Å². The lowest BCUT2D eigenvalue weighted by atomic mass is 10.0. The standard InChI is InChI=1S/C13H12F2N2O4/c1-21-13(20)7-4-11(18)16-17(6-7)12(19)9-3-2-8(14)5-10(9)15/h2-3,5,7H,4,6H2,1H3,(H,16,18). The first-order valence-electron chi connectivity index (χ1n) is 6.06. The van der Waals surface area contributed by atoms with E-state index in [0.717, 1.165) is 17.1 Å². The molecule has 1 fully saturated rings. The Kier molecular flexibility index (Phi) is 4.15. The third kappa shape index (κ3) is 3.15. The highest BCUT2D eigenvalue weighted by Gasteiger charge is 2.34. The zero-order valence-electron chi connectivity index (χ0n) is 11.1. The first-order valence-corrected chi connectivity index (χ1v) is 6.06. The molecule has 6 nitrogen and oxygen atoms in total. The van der Waals surface area contributed by atoms with Crippen molar-refractivity contribution in [1.29, 1.82) is 0 Å².